The molecule has 0 bridgehead atoms. The van der Waals surface area contributed by atoms with Gasteiger partial charge in [0.2, 0.25) is 5.91 Å². The number of nitrogens with two attached hydrogens (primary N) is 1. The maximum Gasteiger partial charge on any atom is 0.224 e. The third-order valence-corrected chi connectivity index (χ3v) is 3.96. The minimum atomic E-state index is 0.173. The molecule has 1 amide bonds. The first kappa shape index (κ1) is 18.4. The zero-order chi connectivity index (χ0) is 14.8. The van der Waals surface area contributed by atoms with E-state index >= 15 is 0 Å². The normalized spacial score (nSPS) is 14.5. The molecule has 0 fully saturated rings. The zero-order valence-electron chi connectivity index (χ0n) is 13.5. The van der Waals surface area contributed by atoms with Crippen molar-refractivity contribution >= 4 is 5.91 Å². The van der Waals surface area contributed by atoms with Crippen molar-refractivity contribution in [1.82, 2.24) is 9.80 Å². The second-order valence-electron chi connectivity index (χ2n) is 5.26. The smallest absolute Gasteiger partial charge is 0.224 e. The molecule has 0 saturated heterocycles. The van der Waals surface area contributed by atoms with E-state index in [0.29, 0.717) is 18.9 Å². The van der Waals surface area contributed by atoms with Crippen LogP contribution in [0.25, 0.3) is 0 Å². The Bertz CT molecular complexity index is 242. The number of carbonyl (C=O) groups is 1. The SMILES string of the molecule is CCC(C)CN(CC)C(CN)CC(=O)N(CC)CC. The Hall–Kier alpha value is -0.610. The lowest BCUT2D eigenvalue weighted by Gasteiger charge is -2.32. The third kappa shape index (κ3) is 6.39. The van der Waals surface area contributed by atoms with Gasteiger partial charge in [-0.25, -0.2) is 0 Å². The van der Waals surface area contributed by atoms with Crippen molar-refractivity contribution in [2.75, 3.05) is 32.7 Å². The van der Waals surface area contributed by atoms with E-state index in [1.165, 1.54) is 0 Å². The molecule has 2 unspecified atom stereocenters. The van der Waals surface area contributed by atoms with Crippen molar-refractivity contribution in [1.29, 1.82) is 0 Å². The fraction of sp³-hybridized carbons (Fsp3) is 0.933. The molecule has 0 heterocycles. The van der Waals surface area contributed by atoms with Crippen molar-refractivity contribution in [2.24, 2.45) is 11.7 Å². The summed E-state index contributed by atoms with van der Waals surface area (Å²) in [6.45, 7) is 14.8. The summed E-state index contributed by atoms with van der Waals surface area (Å²) in [7, 11) is 0. The van der Waals surface area contributed by atoms with Crippen molar-refractivity contribution in [2.45, 2.75) is 53.5 Å². The van der Waals surface area contributed by atoms with E-state index in [4.69, 9.17) is 5.73 Å². The van der Waals surface area contributed by atoms with Crippen LogP contribution in [0, 0.1) is 5.92 Å². The molecule has 0 aromatic carbocycles. The van der Waals surface area contributed by atoms with Gasteiger partial charge >= 0.3 is 0 Å². The van der Waals surface area contributed by atoms with Crippen molar-refractivity contribution in [3.05, 3.63) is 0 Å². The van der Waals surface area contributed by atoms with Crippen LogP contribution in [0.15, 0.2) is 0 Å². The maximum atomic E-state index is 12.2. The van der Waals surface area contributed by atoms with Gasteiger partial charge in [-0.3, -0.25) is 9.69 Å². The van der Waals surface area contributed by atoms with E-state index in [9.17, 15) is 4.79 Å². The number of rotatable bonds is 10. The lowest BCUT2D eigenvalue weighted by Crippen LogP contribution is -2.46. The fourth-order valence-corrected chi connectivity index (χ4v) is 2.33. The minimum Gasteiger partial charge on any atom is -0.343 e. The molecular weight excluding hydrogens is 238 g/mol. The predicted molar refractivity (Wildman–Crippen MR) is 82.1 cm³/mol. The highest BCUT2D eigenvalue weighted by atomic mass is 16.2. The first-order valence-electron chi connectivity index (χ1n) is 7.75. The largest absolute Gasteiger partial charge is 0.343 e. The summed E-state index contributed by atoms with van der Waals surface area (Å²) in [6, 6.07) is 0.173. The summed E-state index contributed by atoms with van der Waals surface area (Å²) in [5.41, 5.74) is 5.89. The van der Waals surface area contributed by atoms with E-state index < -0.39 is 0 Å². The molecule has 19 heavy (non-hydrogen) atoms. The van der Waals surface area contributed by atoms with Crippen LogP contribution in [-0.4, -0.2) is 54.5 Å². The standard InChI is InChI=1S/C15H33N3O/c1-6-13(5)12-18(9-4)14(11-16)10-15(19)17(7-2)8-3/h13-14H,6-12,16H2,1-5H3. The molecule has 2 N–H and O–H groups in total. The van der Waals surface area contributed by atoms with Crippen LogP contribution in [0.2, 0.25) is 0 Å². The second-order valence-corrected chi connectivity index (χ2v) is 5.26. The first-order chi connectivity index (χ1) is 9.03. The summed E-state index contributed by atoms with van der Waals surface area (Å²) in [6.07, 6.45) is 1.71. The quantitative estimate of drug-likeness (QED) is 0.660. The van der Waals surface area contributed by atoms with Gasteiger partial charge in [-0.1, -0.05) is 27.2 Å². The lowest BCUT2D eigenvalue weighted by molar-refractivity contribution is -0.132. The van der Waals surface area contributed by atoms with Crippen LogP contribution in [0.1, 0.15) is 47.5 Å². The Morgan fingerprint density at radius 1 is 1.11 bits per heavy atom. The van der Waals surface area contributed by atoms with E-state index in [-0.39, 0.29) is 11.9 Å². The van der Waals surface area contributed by atoms with Crippen LogP contribution in [0.4, 0.5) is 0 Å². The first-order valence-corrected chi connectivity index (χ1v) is 7.75. The van der Waals surface area contributed by atoms with Crippen LogP contribution in [0.3, 0.4) is 0 Å². The Morgan fingerprint density at radius 2 is 1.68 bits per heavy atom. The fourth-order valence-electron chi connectivity index (χ4n) is 2.33. The van der Waals surface area contributed by atoms with Crippen LogP contribution >= 0.6 is 0 Å². The number of hydrogen-bond acceptors (Lipinski definition) is 3. The van der Waals surface area contributed by atoms with Crippen molar-refractivity contribution in [3.63, 3.8) is 0 Å². The molecule has 0 aliphatic rings. The average Bonchev–Trinajstić information content (AvgIpc) is 2.43. The highest BCUT2D eigenvalue weighted by Crippen LogP contribution is 2.11. The van der Waals surface area contributed by atoms with Gasteiger partial charge in [0, 0.05) is 38.6 Å². The Morgan fingerprint density at radius 3 is 2.05 bits per heavy atom. The Labute approximate surface area is 119 Å². The van der Waals surface area contributed by atoms with E-state index in [2.05, 4.69) is 25.7 Å². The summed E-state index contributed by atoms with van der Waals surface area (Å²) < 4.78 is 0. The number of nitrogens with zero attached hydrogens (tertiary/aromatic N) is 2. The number of carbonyl (C=O) groups excluding carboxylic acids is 1. The summed E-state index contributed by atoms with van der Waals surface area (Å²) in [5, 5.41) is 0. The van der Waals surface area contributed by atoms with Crippen molar-refractivity contribution < 1.29 is 4.79 Å². The number of likely N-dealkylation sites (N-methyl/N-ethyl adjacent to an activating group) is 1. The molecule has 0 aliphatic heterocycles. The highest BCUT2D eigenvalue weighted by molar-refractivity contribution is 5.76. The maximum absolute atomic E-state index is 12.2. The summed E-state index contributed by atoms with van der Waals surface area (Å²) >= 11 is 0. The average molecular weight is 271 g/mol. The molecule has 0 aromatic heterocycles. The highest BCUT2D eigenvalue weighted by Gasteiger charge is 2.22. The predicted octanol–water partition coefficient (Wildman–Crippen LogP) is 1.94. The van der Waals surface area contributed by atoms with Gasteiger partial charge in [0.25, 0.3) is 0 Å². The van der Waals surface area contributed by atoms with Gasteiger partial charge in [0.1, 0.15) is 0 Å². The third-order valence-electron chi connectivity index (χ3n) is 3.96. The lowest BCUT2D eigenvalue weighted by atomic mass is 10.1. The molecule has 0 aromatic rings. The Kier molecular flexibility index (Phi) is 9.88. The van der Waals surface area contributed by atoms with Gasteiger partial charge in [0.05, 0.1) is 0 Å². The molecule has 114 valence electrons. The van der Waals surface area contributed by atoms with Crippen molar-refractivity contribution in [3.8, 4) is 0 Å². The molecule has 0 saturated carbocycles. The Balaban J connectivity index is 4.56. The van der Waals surface area contributed by atoms with E-state index in [1.54, 1.807) is 0 Å². The van der Waals surface area contributed by atoms with Gasteiger partial charge < -0.3 is 10.6 Å². The molecule has 4 heteroatoms. The minimum absolute atomic E-state index is 0.173. The van der Waals surface area contributed by atoms with Crippen LogP contribution < -0.4 is 5.73 Å². The zero-order valence-corrected chi connectivity index (χ0v) is 13.5. The number of amides is 1. The van der Waals surface area contributed by atoms with Crippen LogP contribution in [-0.2, 0) is 4.79 Å². The van der Waals surface area contributed by atoms with Gasteiger partial charge in [-0.2, -0.15) is 0 Å². The topological polar surface area (TPSA) is 49.6 Å². The molecule has 0 aliphatic carbocycles. The van der Waals surface area contributed by atoms with E-state index in [1.807, 2.05) is 18.7 Å². The summed E-state index contributed by atoms with van der Waals surface area (Å²) in [4.78, 5) is 16.4. The molecule has 0 radical (unpaired) electrons. The molecule has 0 rings (SSSR count). The second kappa shape index (κ2) is 10.2. The molecular formula is C15H33N3O. The molecule has 0 spiro atoms. The monoisotopic (exact) mass is 271 g/mol. The van der Waals surface area contributed by atoms with Crippen LogP contribution in [0.5, 0.6) is 0 Å². The van der Waals surface area contributed by atoms with Gasteiger partial charge in [-0.05, 0) is 26.3 Å². The van der Waals surface area contributed by atoms with Gasteiger partial charge in [0.15, 0.2) is 0 Å². The van der Waals surface area contributed by atoms with Gasteiger partial charge in [-0.15, -0.1) is 0 Å². The number of hydrogen-bond donors (Lipinski definition) is 1. The summed E-state index contributed by atoms with van der Waals surface area (Å²) in [5.74, 6) is 0.876. The molecule has 4 nitrogen and oxygen atoms in total. The van der Waals surface area contributed by atoms with E-state index in [0.717, 1.165) is 32.6 Å². The molecule has 2 atom stereocenters.